The number of imidazole rings is 1. The first-order valence-corrected chi connectivity index (χ1v) is 8.03. The van der Waals surface area contributed by atoms with Crippen molar-refractivity contribution >= 4 is 6.03 Å². The Balaban J connectivity index is 1.89. The van der Waals surface area contributed by atoms with E-state index >= 15 is 0 Å². The van der Waals surface area contributed by atoms with Gasteiger partial charge in [0.2, 0.25) is 5.75 Å². The smallest absolute Gasteiger partial charge is 0.315 e. The Morgan fingerprint density at radius 2 is 1.92 bits per heavy atom. The minimum absolute atomic E-state index is 0.244. The van der Waals surface area contributed by atoms with Crippen LogP contribution in [-0.2, 0) is 13.1 Å². The van der Waals surface area contributed by atoms with Crippen molar-refractivity contribution in [3.8, 4) is 17.2 Å². The summed E-state index contributed by atoms with van der Waals surface area (Å²) in [4.78, 5) is 15.8. The molecule has 0 unspecified atom stereocenters. The number of ether oxygens (including phenoxy) is 3. The second-order valence-corrected chi connectivity index (χ2v) is 5.17. The first-order chi connectivity index (χ1) is 12.2. The van der Waals surface area contributed by atoms with Crippen LogP contribution < -0.4 is 24.8 Å². The van der Waals surface area contributed by atoms with Gasteiger partial charge in [-0.3, -0.25) is 0 Å². The SMILES string of the molecule is CCOc1c(OC)cc(CNC(=O)NCCn2ccnc2)cc1OC. The van der Waals surface area contributed by atoms with Crippen LogP contribution in [-0.4, -0.2) is 43.0 Å². The van der Waals surface area contributed by atoms with Crippen molar-refractivity contribution < 1.29 is 19.0 Å². The maximum atomic E-state index is 11.9. The minimum Gasteiger partial charge on any atom is -0.493 e. The molecular formula is C17H24N4O4. The van der Waals surface area contributed by atoms with Gasteiger partial charge in [0.15, 0.2) is 11.5 Å². The van der Waals surface area contributed by atoms with Gasteiger partial charge in [0.1, 0.15) is 0 Å². The van der Waals surface area contributed by atoms with Crippen LogP contribution in [0.1, 0.15) is 12.5 Å². The molecular weight excluding hydrogens is 324 g/mol. The Morgan fingerprint density at radius 3 is 2.48 bits per heavy atom. The third kappa shape index (κ3) is 5.30. The van der Waals surface area contributed by atoms with Gasteiger partial charge in [-0.25, -0.2) is 9.78 Å². The fraction of sp³-hybridized carbons (Fsp3) is 0.412. The van der Waals surface area contributed by atoms with Crippen molar-refractivity contribution in [1.29, 1.82) is 0 Å². The van der Waals surface area contributed by atoms with E-state index in [9.17, 15) is 4.79 Å². The third-order valence-electron chi connectivity index (χ3n) is 3.48. The maximum Gasteiger partial charge on any atom is 0.315 e. The van der Waals surface area contributed by atoms with Crippen LogP contribution in [0, 0.1) is 0 Å². The number of benzene rings is 1. The van der Waals surface area contributed by atoms with Crippen LogP contribution in [0.25, 0.3) is 0 Å². The Labute approximate surface area is 147 Å². The average molecular weight is 348 g/mol. The van der Waals surface area contributed by atoms with Crippen LogP contribution >= 0.6 is 0 Å². The van der Waals surface area contributed by atoms with Gasteiger partial charge in [-0.15, -0.1) is 0 Å². The largest absolute Gasteiger partial charge is 0.493 e. The monoisotopic (exact) mass is 348 g/mol. The summed E-state index contributed by atoms with van der Waals surface area (Å²) < 4.78 is 18.2. The van der Waals surface area contributed by atoms with E-state index in [-0.39, 0.29) is 6.03 Å². The molecule has 8 nitrogen and oxygen atoms in total. The molecule has 0 radical (unpaired) electrons. The molecule has 0 saturated carbocycles. The van der Waals surface area contributed by atoms with Gasteiger partial charge in [0.25, 0.3) is 0 Å². The van der Waals surface area contributed by atoms with Gasteiger partial charge in [-0.2, -0.15) is 0 Å². The number of hydrogen-bond donors (Lipinski definition) is 2. The fourth-order valence-electron chi connectivity index (χ4n) is 2.29. The number of carbonyl (C=O) groups excluding carboxylic acids is 1. The third-order valence-corrected chi connectivity index (χ3v) is 3.48. The Kier molecular flexibility index (Phi) is 6.94. The van der Waals surface area contributed by atoms with Gasteiger partial charge in [-0.1, -0.05) is 0 Å². The van der Waals surface area contributed by atoms with E-state index in [2.05, 4.69) is 15.6 Å². The number of carbonyl (C=O) groups is 1. The van der Waals surface area contributed by atoms with Gasteiger partial charge < -0.3 is 29.4 Å². The lowest BCUT2D eigenvalue weighted by atomic mass is 10.2. The van der Waals surface area contributed by atoms with E-state index in [4.69, 9.17) is 14.2 Å². The second-order valence-electron chi connectivity index (χ2n) is 5.17. The summed E-state index contributed by atoms with van der Waals surface area (Å²) in [6.07, 6.45) is 5.25. The number of urea groups is 1. The van der Waals surface area contributed by atoms with Crippen LogP contribution in [0.2, 0.25) is 0 Å². The predicted octanol–water partition coefficient (Wildman–Crippen LogP) is 1.80. The van der Waals surface area contributed by atoms with Crippen molar-refractivity contribution in [3.05, 3.63) is 36.4 Å². The quantitative estimate of drug-likeness (QED) is 0.722. The first kappa shape index (κ1) is 18.4. The van der Waals surface area contributed by atoms with Crippen molar-refractivity contribution in [2.45, 2.75) is 20.0 Å². The summed E-state index contributed by atoms with van der Waals surface area (Å²) in [5.74, 6) is 1.69. The molecule has 1 aromatic heterocycles. The highest BCUT2D eigenvalue weighted by atomic mass is 16.5. The fourth-order valence-corrected chi connectivity index (χ4v) is 2.29. The molecule has 2 aromatic rings. The Bertz CT molecular complexity index is 648. The Hall–Kier alpha value is -2.90. The molecule has 0 fully saturated rings. The lowest BCUT2D eigenvalue weighted by Gasteiger charge is -2.15. The summed E-state index contributed by atoms with van der Waals surface area (Å²) >= 11 is 0. The average Bonchev–Trinajstić information content (AvgIpc) is 3.14. The molecule has 0 aliphatic heterocycles. The summed E-state index contributed by atoms with van der Waals surface area (Å²) in [5.41, 5.74) is 0.849. The molecule has 0 aliphatic carbocycles. The van der Waals surface area contributed by atoms with Gasteiger partial charge in [0.05, 0.1) is 27.2 Å². The van der Waals surface area contributed by atoms with Gasteiger partial charge >= 0.3 is 6.03 Å². The second kappa shape index (κ2) is 9.41. The predicted molar refractivity (Wildman–Crippen MR) is 93.2 cm³/mol. The van der Waals surface area contributed by atoms with Crippen LogP contribution in [0.3, 0.4) is 0 Å². The summed E-state index contributed by atoms with van der Waals surface area (Å²) in [5, 5.41) is 5.60. The number of rotatable bonds is 9. The van der Waals surface area contributed by atoms with Gasteiger partial charge in [0, 0.05) is 32.0 Å². The number of methoxy groups -OCH3 is 2. The maximum absolute atomic E-state index is 11.9. The summed E-state index contributed by atoms with van der Waals surface area (Å²) in [6, 6.07) is 3.39. The molecule has 0 bridgehead atoms. The molecule has 8 heteroatoms. The number of nitrogens with one attached hydrogen (secondary N) is 2. The number of hydrogen-bond acceptors (Lipinski definition) is 5. The molecule has 2 rings (SSSR count). The Morgan fingerprint density at radius 1 is 1.20 bits per heavy atom. The van der Waals surface area contributed by atoms with Crippen molar-refractivity contribution in [3.63, 3.8) is 0 Å². The van der Waals surface area contributed by atoms with E-state index < -0.39 is 0 Å². The highest BCUT2D eigenvalue weighted by Crippen LogP contribution is 2.38. The van der Waals surface area contributed by atoms with Crippen molar-refractivity contribution in [1.82, 2.24) is 20.2 Å². The van der Waals surface area contributed by atoms with Crippen molar-refractivity contribution in [2.24, 2.45) is 0 Å². The molecule has 0 atom stereocenters. The molecule has 2 amide bonds. The van der Waals surface area contributed by atoms with E-state index in [1.165, 1.54) is 0 Å². The molecule has 1 heterocycles. The minimum atomic E-state index is -0.244. The zero-order valence-electron chi connectivity index (χ0n) is 14.7. The van der Waals surface area contributed by atoms with Crippen LogP contribution in [0.5, 0.6) is 17.2 Å². The van der Waals surface area contributed by atoms with Crippen LogP contribution in [0.4, 0.5) is 4.79 Å². The molecule has 25 heavy (non-hydrogen) atoms. The normalized spacial score (nSPS) is 10.2. The zero-order valence-corrected chi connectivity index (χ0v) is 14.7. The highest BCUT2D eigenvalue weighted by molar-refractivity contribution is 5.73. The lowest BCUT2D eigenvalue weighted by molar-refractivity contribution is 0.240. The first-order valence-electron chi connectivity index (χ1n) is 8.03. The van der Waals surface area contributed by atoms with Crippen LogP contribution in [0.15, 0.2) is 30.9 Å². The zero-order chi connectivity index (χ0) is 18.1. The lowest BCUT2D eigenvalue weighted by Crippen LogP contribution is -2.36. The molecule has 0 saturated heterocycles. The van der Waals surface area contributed by atoms with E-state index in [1.54, 1.807) is 26.7 Å². The summed E-state index contributed by atoms with van der Waals surface area (Å²) in [7, 11) is 3.13. The molecule has 1 aromatic carbocycles. The van der Waals surface area contributed by atoms with E-state index in [0.717, 1.165) is 5.56 Å². The molecule has 136 valence electrons. The van der Waals surface area contributed by atoms with E-state index in [0.29, 0.717) is 43.5 Å². The molecule has 0 aliphatic rings. The van der Waals surface area contributed by atoms with E-state index in [1.807, 2.05) is 29.8 Å². The summed E-state index contributed by atoms with van der Waals surface area (Å²) in [6.45, 7) is 3.92. The highest BCUT2D eigenvalue weighted by Gasteiger charge is 2.14. The standard InChI is InChI=1S/C17H24N4O4/c1-4-25-16-14(23-2)9-13(10-15(16)24-3)11-20-17(22)19-6-8-21-7-5-18-12-21/h5,7,9-10,12H,4,6,8,11H2,1-3H3,(H2,19,20,22). The molecule has 2 N–H and O–H groups in total. The topological polar surface area (TPSA) is 86.6 Å². The number of aromatic nitrogens is 2. The number of nitrogens with zero attached hydrogens (tertiary/aromatic N) is 2. The molecule has 0 spiro atoms. The van der Waals surface area contributed by atoms with Gasteiger partial charge in [-0.05, 0) is 24.6 Å². The number of amides is 2. The van der Waals surface area contributed by atoms with Crippen molar-refractivity contribution in [2.75, 3.05) is 27.4 Å².